The summed E-state index contributed by atoms with van der Waals surface area (Å²) in [5.41, 5.74) is 1.10. The molecule has 1 aliphatic carbocycles. The number of nitro benzene ring substituents is 1. The zero-order chi connectivity index (χ0) is 21.8. The van der Waals surface area contributed by atoms with E-state index in [0.717, 1.165) is 23.1 Å². The van der Waals surface area contributed by atoms with E-state index in [-0.39, 0.29) is 16.8 Å². The summed E-state index contributed by atoms with van der Waals surface area (Å²) in [5.74, 6) is 0.587. The third-order valence-corrected chi connectivity index (χ3v) is 5.46. The normalized spacial score (nSPS) is 13.8. The average Bonchev–Trinajstić information content (AvgIpc) is 3.28. The maximum absolute atomic E-state index is 12.6. The van der Waals surface area contributed by atoms with Gasteiger partial charge in [-0.05, 0) is 49.4 Å². The number of nitrogens with zero attached hydrogens (tertiary/aromatic N) is 4. The number of benzene rings is 1. The first kappa shape index (κ1) is 20.8. The van der Waals surface area contributed by atoms with E-state index in [4.69, 9.17) is 16.3 Å². The van der Waals surface area contributed by atoms with Gasteiger partial charge in [0.25, 0.3) is 11.2 Å². The van der Waals surface area contributed by atoms with Gasteiger partial charge in [-0.1, -0.05) is 11.6 Å². The van der Waals surface area contributed by atoms with Gasteiger partial charge < -0.3 is 10.1 Å². The smallest absolute Gasteiger partial charge is 0.292 e. The van der Waals surface area contributed by atoms with Crippen molar-refractivity contribution in [2.45, 2.75) is 38.3 Å². The first-order chi connectivity index (χ1) is 15.0. The lowest BCUT2D eigenvalue weighted by atomic mass is 10.2. The third-order valence-electron chi connectivity index (χ3n) is 5.10. The molecule has 10 heteroatoms. The lowest BCUT2D eigenvalue weighted by molar-refractivity contribution is -0.384. The lowest BCUT2D eigenvalue weighted by Crippen LogP contribution is -2.22. The standard InChI is InChI=1S/C21H20ClN5O4/c22-20-18(13-25-26(21(20)28)15-5-7-16(8-6-15)27(29)30)24-12-14-9-10-23-19(11-14)31-17-3-1-2-4-17/h5-11,13,17,24H,1-4,12H2. The molecule has 0 atom stereocenters. The number of rotatable bonds is 7. The predicted molar refractivity (Wildman–Crippen MR) is 116 cm³/mol. The zero-order valence-electron chi connectivity index (χ0n) is 16.5. The number of anilines is 1. The van der Waals surface area contributed by atoms with Crippen molar-refractivity contribution in [3.8, 4) is 11.6 Å². The molecule has 0 spiro atoms. The second-order valence-electron chi connectivity index (χ2n) is 7.24. The fourth-order valence-corrected chi connectivity index (χ4v) is 3.65. The Balaban J connectivity index is 1.46. The van der Waals surface area contributed by atoms with Gasteiger partial charge in [-0.15, -0.1) is 0 Å². The van der Waals surface area contributed by atoms with Gasteiger partial charge in [0.15, 0.2) is 0 Å². The molecule has 3 aromatic rings. The summed E-state index contributed by atoms with van der Waals surface area (Å²) < 4.78 is 7.02. The van der Waals surface area contributed by atoms with E-state index in [1.54, 1.807) is 6.20 Å². The quantitative estimate of drug-likeness (QED) is 0.433. The molecule has 31 heavy (non-hydrogen) atoms. The molecule has 0 aliphatic heterocycles. The summed E-state index contributed by atoms with van der Waals surface area (Å²) in [7, 11) is 0. The molecule has 4 rings (SSSR count). The van der Waals surface area contributed by atoms with Crippen LogP contribution < -0.4 is 15.6 Å². The predicted octanol–water partition coefficient (Wildman–Crippen LogP) is 4.12. The highest BCUT2D eigenvalue weighted by molar-refractivity contribution is 6.32. The van der Waals surface area contributed by atoms with Crippen molar-refractivity contribution in [1.82, 2.24) is 14.8 Å². The molecule has 9 nitrogen and oxygen atoms in total. The summed E-state index contributed by atoms with van der Waals surface area (Å²) >= 11 is 6.26. The van der Waals surface area contributed by atoms with E-state index in [9.17, 15) is 14.9 Å². The molecule has 2 heterocycles. The molecule has 0 bridgehead atoms. The molecule has 1 fully saturated rings. The largest absolute Gasteiger partial charge is 0.474 e. The molecular weight excluding hydrogens is 422 g/mol. The van der Waals surface area contributed by atoms with Crippen LogP contribution in [0, 0.1) is 10.1 Å². The van der Waals surface area contributed by atoms with E-state index < -0.39 is 10.5 Å². The van der Waals surface area contributed by atoms with Crippen LogP contribution in [-0.2, 0) is 6.54 Å². The van der Waals surface area contributed by atoms with Crippen LogP contribution in [0.2, 0.25) is 5.02 Å². The van der Waals surface area contributed by atoms with Gasteiger partial charge in [0.1, 0.15) is 11.1 Å². The molecule has 160 valence electrons. The van der Waals surface area contributed by atoms with Gasteiger partial charge in [0.2, 0.25) is 5.88 Å². The van der Waals surface area contributed by atoms with Crippen LogP contribution in [0.15, 0.2) is 53.6 Å². The van der Waals surface area contributed by atoms with E-state index in [2.05, 4.69) is 15.4 Å². The van der Waals surface area contributed by atoms with Crippen LogP contribution in [0.1, 0.15) is 31.2 Å². The Morgan fingerprint density at radius 2 is 1.97 bits per heavy atom. The summed E-state index contributed by atoms with van der Waals surface area (Å²) in [6.45, 7) is 0.409. The molecule has 2 aromatic heterocycles. The summed E-state index contributed by atoms with van der Waals surface area (Å²) in [5, 5.41) is 18.0. The monoisotopic (exact) mass is 441 g/mol. The highest BCUT2D eigenvalue weighted by Crippen LogP contribution is 2.24. The zero-order valence-corrected chi connectivity index (χ0v) is 17.3. The fraction of sp³-hybridized carbons (Fsp3) is 0.286. The summed E-state index contributed by atoms with van der Waals surface area (Å²) in [4.78, 5) is 27.2. The number of ether oxygens (including phenoxy) is 1. The first-order valence-corrected chi connectivity index (χ1v) is 10.3. The molecule has 0 amide bonds. The van der Waals surface area contributed by atoms with Crippen LogP contribution >= 0.6 is 11.6 Å². The van der Waals surface area contributed by atoms with E-state index >= 15 is 0 Å². The Kier molecular flexibility index (Phi) is 6.13. The van der Waals surface area contributed by atoms with Crippen molar-refractivity contribution in [1.29, 1.82) is 0 Å². The molecule has 0 saturated heterocycles. The Bertz CT molecular complexity index is 1140. The van der Waals surface area contributed by atoms with E-state index in [0.29, 0.717) is 23.8 Å². The van der Waals surface area contributed by atoms with Gasteiger partial charge in [-0.25, -0.2) is 4.98 Å². The Morgan fingerprint density at radius 3 is 2.68 bits per heavy atom. The van der Waals surface area contributed by atoms with Crippen molar-refractivity contribution < 1.29 is 9.66 Å². The van der Waals surface area contributed by atoms with Crippen LogP contribution in [0.25, 0.3) is 5.69 Å². The minimum absolute atomic E-state index is 0.0233. The van der Waals surface area contributed by atoms with Gasteiger partial charge in [0.05, 0.1) is 22.5 Å². The number of non-ortho nitro benzene ring substituents is 1. The van der Waals surface area contributed by atoms with Crippen molar-refractivity contribution in [2.24, 2.45) is 0 Å². The van der Waals surface area contributed by atoms with Gasteiger partial charge in [0, 0.05) is 30.9 Å². The number of nitro groups is 1. The summed E-state index contributed by atoms with van der Waals surface area (Å²) in [6.07, 6.45) is 7.83. The SMILES string of the molecule is O=c1c(Cl)c(NCc2ccnc(OC3CCCC3)c2)cnn1-c1ccc([N+](=O)[O-])cc1. The second kappa shape index (κ2) is 9.13. The Morgan fingerprint density at radius 1 is 1.23 bits per heavy atom. The third kappa shape index (κ3) is 4.83. The van der Waals surface area contributed by atoms with Crippen LogP contribution in [0.5, 0.6) is 5.88 Å². The van der Waals surface area contributed by atoms with Crippen molar-refractivity contribution in [2.75, 3.05) is 5.32 Å². The minimum Gasteiger partial charge on any atom is -0.474 e. The first-order valence-electron chi connectivity index (χ1n) is 9.89. The molecular formula is C21H20ClN5O4. The molecule has 1 N–H and O–H groups in total. The number of halogens is 1. The highest BCUT2D eigenvalue weighted by Gasteiger charge is 2.17. The number of hydrogen-bond donors (Lipinski definition) is 1. The maximum atomic E-state index is 12.6. The molecule has 1 aromatic carbocycles. The second-order valence-corrected chi connectivity index (χ2v) is 7.62. The van der Waals surface area contributed by atoms with Gasteiger partial charge >= 0.3 is 0 Å². The highest BCUT2D eigenvalue weighted by atomic mass is 35.5. The van der Waals surface area contributed by atoms with Crippen molar-refractivity contribution in [3.05, 3.63) is 79.8 Å². The van der Waals surface area contributed by atoms with Crippen LogP contribution in [0.4, 0.5) is 11.4 Å². The van der Waals surface area contributed by atoms with Gasteiger partial charge in [-0.3, -0.25) is 14.9 Å². The molecule has 1 saturated carbocycles. The minimum atomic E-state index is -0.527. The number of pyridine rings is 1. The maximum Gasteiger partial charge on any atom is 0.292 e. The number of nitrogens with one attached hydrogen (secondary N) is 1. The number of hydrogen-bond acceptors (Lipinski definition) is 7. The molecule has 0 unspecified atom stereocenters. The van der Waals surface area contributed by atoms with Crippen molar-refractivity contribution in [3.63, 3.8) is 0 Å². The lowest BCUT2D eigenvalue weighted by Gasteiger charge is -2.13. The van der Waals surface area contributed by atoms with E-state index in [1.165, 1.54) is 43.3 Å². The number of aromatic nitrogens is 3. The van der Waals surface area contributed by atoms with Gasteiger partial charge in [-0.2, -0.15) is 9.78 Å². The van der Waals surface area contributed by atoms with Crippen molar-refractivity contribution >= 4 is 23.0 Å². The molecule has 1 aliphatic rings. The molecule has 0 radical (unpaired) electrons. The topological polar surface area (TPSA) is 112 Å². The summed E-state index contributed by atoms with van der Waals surface area (Å²) in [6, 6.07) is 9.21. The Hall–Kier alpha value is -3.46. The van der Waals surface area contributed by atoms with Crippen LogP contribution in [-0.4, -0.2) is 25.8 Å². The average molecular weight is 442 g/mol. The fourth-order valence-electron chi connectivity index (χ4n) is 3.45. The Labute approximate surface area is 182 Å². The van der Waals surface area contributed by atoms with E-state index in [1.807, 2.05) is 12.1 Å². The van der Waals surface area contributed by atoms with Crippen LogP contribution in [0.3, 0.4) is 0 Å².